The molecule has 2 unspecified atom stereocenters. The molecular formula is C15H29N3. The fourth-order valence-electron chi connectivity index (χ4n) is 2.43. The van der Waals surface area contributed by atoms with E-state index in [4.69, 9.17) is 4.98 Å². The molecule has 1 heterocycles. The van der Waals surface area contributed by atoms with E-state index < -0.39 is 0 Å². The van der Waals surface area contributed by atoms with Gasteiger partial charge in [0, 0.05) is 18.3 Å². The molecule has 104 valence electrons. The van der Waals surface area contributed by atoms with Crippen molar-refractivity contribution in [1.82, 2.24) is 14.9 Å². The first-order chi connectivity index (χ1) is 8.45. The first kappa shape index (κ1) is 15.2. The average molecular weight is 251 g/mol. The second kappa shape index (κ2) is 6.93. The van der Waals surface area contributed by atoms with E-state index in [1.54, 1.807) is 0 Å². The van der Waals surface area contributed by atoms with Crippen LogP contribution in [0, 0.1) is 12.8 Å². The SMILES string of the molecule is CCCNC(C)c1cn(C(C)CC(C)C)c(C)n1. The van der Waals surface area contributed by atoms with E-state index in [1.165, 1.54) is 6.42 Å². The van der Waals surface area contributed by atoms with E-state index in [9.17, 15) is 0 Å². The Balaban J connectivity index is 2.74. The van der Waals surface area contributed by atoms with Gasteiger partial charge in [0.2, 0.25) is 0 Å². The van der Waals surface area contributed by atoms with Crippen molar-refractivity contribution in [2.75, 3.05) is 6.54 Å². The molecule has 0 aliphatic rings. The quantitative estimate of drug-likeness (QED) is 0.797. The van der Waals surface area contributed by atoms with Gasteiger partial charge in [0.25, 0.3) is 0 Å². The zero-order valence-corrected chi connectivity index (χ0v) is 12.8. The third kappa shape index (κ3) is 4.13. The van der Waals surface area contributed by atoms with Crippen molar-refractivity contribution in [1.29, 1.82) is 0 Å². The Morgan fingerprint density at radius 3 is 2.50 bits per heavy atom. The highest BCUT2D eigenvalue weighted by molar-refractivity contribution is 5.08. The van der Waals surface area contributed by atoms with Crippen LogP contribution < -0.4 is 5.32 Å². The Morgan fingerprint density at radius 1 is 1.28 bits per heavy atom. The molecule has 0 fully saturated rings. The van der Waals surface area contributed by atoms with Gasteiger partial charge < -0.3 is 9.88 Å². The van der Waals surface area contributed by atoms with Crippen molar-refractivity contribution in [2.24, 2.45) is 5.92 Å². The second-order valence-corrected chi connectivity index (χ2v) is 5.77. The zero-order chi connectivity index (χ0) is 13.7. The number of aromatic nitrogens is 2. The second-order valence-electron chi connectivity index (χ2n) is 5.77. The van der Waals surface area contributed by atoms with Gasteiger partial charge in [0.1, 0.15) is 5.82 Å². The standard InChI is InChI=1S/C15H29N3/c1-7-8-16-13(5)15-10-18(14(6)17-15)12(4)9-11(2)3/h10-13,16H,7-9H2,1-6H3. The number of rotatable bonds is 7. The molecule has 1 aromatic heterocycles. The van der Waals surface area contributed by atoms with Gasteiger partial charge in [-0.05, 0) is 46.1 Å². The summed E-state index contributed by atoms with van der Waals surface area (Å²) in [6.45, 7) is 14.4. The number of imidazole rings is 1. The Kier molecular flexibility index (Phi) is 5.86. The maximum atomic E-state index is 4.69. The lowest BCUT2D eigenvalue weighted by Crippen LogP contribution is -2.19. The molecule has 3 nitrogen and oxygen atoms in total. The van der Waals surface area contributed by atoms with E-state index >= 15 is 0 Å². The van der Waals surface area contributed by atoms with Gasteiger partial charge in [-0.15, -0.1) is 0 Å². The summed E-state index contributed by atoms with van der Waals surface area (Å²) in [5.74, 6) is 1.85. The minimum absolute atomic E-state index is 0.344. The number of hydrogen-bond donors (Lipinski definition) is 1. The van der Waals surface area contributed by atoms with Crippen LogP contribution in [0.4, 0.5) is 0 Å². The summed E-state index contributed by atoms with van der Waals surface area (Å²) in [6, 6.07) is 0.876. The number of hydrogen-bond acceptors (Lipinski definition) is 2. The molecule has 3 heteroatoms. The lowest BCUT2D eigenvalue weighted by Gasteiger charge is -2.17. The van der Waals surface area contributed by atoms with Gasteiger partial charge in [0.15, 0.2) is 0 Å². The van der Waals surface area contributed by atoms with Crippen molar-refractivity contribution in [3.05, 3.63) is 17.7 Å². The third-order valence-electron chi connectivity index (χ3n) is 3.37. The molecule has 1 aromatic rings. The smallest absolute Gasteiger partial charge is 0.106 e. The topological polar surface area (TPSA) is 29.9 Å². The summed E-state index contributed by atoms with van der Waals surface area (Å²) in [5, 5.41) is 3.49. The van der Waals surface area contributed by atoms with E-state index in [0.717, 1.165) is 30.4 Å². The van der Waals surface area contributed by atoms with Crippen molar-refractivity contribution >= 4 is 0 Å². The van der Waals surface area contributed by atoms with Crippen molar-refractivity contribution in [3.8, 4) is 0 Å². The van der Waals surface area contributed by atoms with Crippen LogP contribution in [0.2, 0.25) is 0 Å². The van der Waals surface area contributed by atoms with Gasteiger partial charge in [-0.25, -0.2) is 4.98 Å². The number of nitrogens with zero attached hydrogens (tertiary/aromatic N) is 2. The molecule has 0 saturated carbocycles. The zero-order valence-electron chi connectivity index (χ0n) is 12.8. The Bertz CT molecular complexity index is 355. The molecule has 1 rings (SSSR count). The van der Waals surface area contributed by atoms with Gasteiger partial charge in [-0.1, -0.05) is 20.8 Å². The fourth-order valence-corrected chi connectivity index (χ4v) is 2.43. The summed E-state index contributed by atoms with van der Waals surface area (Å²) in [5.41, 5.74) is 1.16. The number of aryl methyl sites for hydroxylation is 1. The van der Waals surface area contributed by atoms with Gasteiger partial charge in [-0.2, -0.15) is 0 Å². The van der Waals surface area contributed by atoms with E-state index in [1.807, 2.05) is 0 Å². The fraction of sp³-hybridized carbons (Fsp3) is 0.800. The predicted octanol–water partition coefficient (Wildman–Crippen LogP) is 3.86. The van der Waals surface area contributed by atoms with Crippen LogP contribution >= 0.6 is 0 Å². The predicted molar refractivity (Wildman–Crippen MR) is 77.8 cm³/mol. The highest BCUT2D eigenvalue weighted by Crippen LogP contribution is 2.21. The molecule has 0 saturated heterocycles. The average Bonchev–Trinajstić information content (AvgIpc) is 2.67. The molecule has 0 aliphatic carbocycles. The van der Waals surface area contributed by atoms with Crippen LogP contribution in [-0.4, -0.2) is 16.1 Å². The Morgan fingerprint density at radius 2 is 1.94 bits per heavy atom. The molecule has 1 N–H and O–H groups in total. The van der Waals surface area contributed by atoms with Gasteiger partial charge in [0.05, 0.1) is 5.69 Å². The molecule has 0 radical (unpaired) electrons. The van der Waals surface area contributed by atoms with Crippen molar-refractivity contribution in [3.63, 3.8) is 0 Å². The monoisotopic (exact) mass is 251 g/mol. The normalized spacial score (nSPS) is 15.1. The Hall–Kier alpha value is -0.830. The molecular weight excluding hydrogens is 222 g/mol. The van der Waals surface area contributed by atoms with Crippen molar-refractivity contribution < 1.29 is 0 Å². The van der Waals surface area contributed by atoms with E-state index in [2.05, 4.69) is 57.6 Å². The van der Waals surface area contributed by atoms with Crippen LogP contribution in [-0.2, 0) is 0 Å². The van der Waals surface area contributed by atoms with Crippen LogP contribution in [0.5, 0.6) is 0 Å². The maximum Gasteiger partial charge on any atom is 0.106 e. The van der Waals surface area contributed by atoms with Crippen LogP contribution in [0.1, 0.15) is 71.1 Å². The molecule has 0 spiro atoms. The summed E-state index contributed by atoms with van der Waals surface area (Å²) >= 11 is 0. The molecule has 0 amide bonds. The molecule has 18 heavy (non-hydrogen) atoms. The van der Waals surface area contributed by atoms with Crippen LogP contribution in [0.15, 0.2) is 6.20 Å². The summed E-state index contributed by atoms with van der Waals surface area (Å²) in [6.07, 6.45) is 4.58. The molecule has 2 atom stereocenters. The largest absolute Gasteiger partial charge is 0.332 e. The Labute approximate surface area is 112 Å². The first-order valence-corrected chi connectivity index (χ1v) is 7.24. The van der Waals surface area contributed by atoms with Gasteiger partial charge in [-0.3, -0.25) is 0 Å². The van der Waals surface area contributed by atoms with E-state index in [0.29, 0.717) is 12.1 Å². The van der Waals surface area contributed by atoms with Crippen LogP contribution in [0.3, 0.4) is 0 Å². The summed E-state index contributed by atoms with van der Waals surface area (Å²) in [7, 11) is 0. The van der Waals surface area contributed by atoms with Crippen molar-refractivity contribution in [2.45, 2.75) is 66.5 Å². The molecule has 0 bridgehead atoms. The highest BCUT2D eigenvalue weighted by atomic mass is 15.1. The molecule has 0 aromatic carbocycles. The third-order valence-corrected chi connectivity index (χ3v) is 3.37. The number of nitrogens with one attached hydrogen (secondary N) is 1. The minimum atomic E-state index is 0.344. The lowest BCUT2D eigenvalue weighted by atomic mass is 10.1. The first-order valence-electron chi connectivity index (χ1n) is 7.24. The minimum Gasteiger partial charge on any atom is -0.332 e. The van der Waals surface area contributed by atoms with E-state index in [-0.39, 0.29) is 0 Å². The van der Waals surface area contributed by atoms with Gasteiger partial charge >= 0.3 is 0 Å². The molecule has 0 aliphatic heterocycles. The lowest BCUT2D eigenvalue weighted by molar-refractivity contribution is 0.421. The highest BCUT2D eigenvalue weighted by Gasteiger charge is 2.14. The summed E-state index contributed by atoms with van der Waals surface area (Å²) < 4.78 is 2.32. The summed E-state index contributed by atoms with van der Waals surface area (Å²) in [4.78, 5) is 4.69. The van der Waals surface area contributed by atoms with Crippen LogP contribution in [0.25, 0.3) is 0 Å². The maximum absolute atomic E-state index is 4.69.